The molecule has 0 unspecified atom stereocenters. The molecule has 2 heterocycles. The minimum atomic E-state index is -3.61. The standard InChI is InChI=1S/C21H21N5O2S2/c1-3-7-19-15(2)24-21-22-14-23-26(21)20(19)29-17-12-10-16(11-13-17)25-30(27,28)18-8-5-4-6-9-18/h4-6,8-14,25H,3,7H2,1-2H3. The van der Waals surface area contributed by atoms with Crippen molar-refractivity contribution in [2.24, 2.45) is 0 Å². The summed E-state index contributed by atoms with van der Waals surface area (Å²) in [6.45, 7) is 4.12. The van der Waals surface area contributed by atoms with Crippen molar-refractivity contribution in [2.45, 2.75) is 41.5 Å². The van der Waals surface area contributed by atoms with Gasteiger partial charge in [0.2, 0.25) is 0 Å². The molecule has 154 valence electrons. The van der Waals surface area contributed by atoms with Gasteiger partial charge in [-0.05, 0) is 49.7 Å². The van der Waals surface area contributed by atoms with Crippen LogP contribution in [0.1, 0.15) is 24.6 Å². The van der Waals surface area contributed by atoms with Gasteiger partial charge in [-0.2, -0.15) is 14.6 Å². The minimum absolute atomic E-state index is 0.230. The summed E-state index contributed by atoms with van der Waals surface area (Å²) < 4.78 is 29.4. The molecule has 7 nitrogen and oxygen atoms in total. The van der Waals surface area contributed by atoms with Crippen molar-refractivity contribution >= 4 is 33.3 Å². The third kappa shape index (κ3) is 4.17. The largest absolute Gasteiger partial charge is 0.280 e. The van der Waals surface area contributed by atoms with E-state index < -0.39 is 10.0 Å². The first-order valence-corrected chi connectivity index (χ1v) is 11.8. The molecule has 2 aromatic heterocycles. The van der Waals surface area contributed by atoms with Crippen LogP contribution in [0, 0.1) is 6.92 Å². The Kier molecular flexibility index (Phi) is 5.74. The number of aromatic nitrogens is 4. The lowest BCUT2D eigenvalue weighted by Gasteiger charge is -2.13. The van der Waals surface area contributed by atoms with Gasteiger partial charge in [-0.1, -0.05) is 43.3 Å². The van der Waals surface area contributed by atoms with Crippen molar-refractivity contribution in [3.05, 3.63) is 72.2 Å². The van der Waals surface area contributed by atoms with E-state index in [2.05, 4.69) is 26.7 Å². The first-order valence-electron chi connectivity index (χ1n) is 9.53. The molecule has 0 radical (unpaired) electrons. The molecule has 0 spiro atoms. The van der Waals surface area contributed by atoms with Crippen LogP contribution in [0.5, 0.6) is 0 Å². The summed E-state index contributed by atoms with van der Waals surface area (Å²) in [5, 5.41) is 5.31. The Balaban J connectivity index is 1.60. The molecule has 4 aromatic rings. The molecule has 0 aliphatic carbocycles. The van der Waals surface area contributed by atoms with Crippen molar-refractivity contribution in [3.8, 4) is 0 Å². The Bertz CT molecular complexity index is 1270. The van der Waals surface area contributed by atoms with Crippen molar-refractivity contribution in [3.63, 3.8) is 0 Å². The van der Waals surface area contributed by atoms with E-state index in [-0.39, 0.29) is 4.90 Å². The molecule has 9 heteroatoms. The van der Waals surface area contributed by atoms with Gasteiger partial charge >= 0.3 is 0 Å². The van der Waals surface area contributed by atoms with Crippen molar-refractivity contribution in [1.82, 2.24) is 19.6 Å². The van der Waals surface area contributed by atoms with E-state index in [9.17, 15) is 8.42 Å². The summed E-state index contributed by atoms with van der Waals surface area (Å²) in [4.78, 5) is 9.96. The Labute approximate surface area is 179 Å². The van der Waals surface area contributed by atoms with Crippen LogP contribution in [0.4, 0.5) is 5.69 Å². The van der Waals surface area contributed by atoms with Gasteiger partial charge in [-0.3, -0.25) is 4.72 Å². The average Bonchev–Trinajstić information content (AvgIpc) is 3.20. The van der Waals surface area contributed by atoms with Crippen LogP contribution in [0.15, 0.2) is 75.7 Å². The van der Waals surface area contributed by atoms with Gasteiger partial charge in [0.1, 0.15) is 11.4 Å². The summed E-state index contributed by atoms with van der Waals surface area (Å²) in [6, 6.07) is 15.6. The zero-order valence-corrected chi connectivity index (χ0v) is 18.2. The van der Waals surface area contributed by atoms with E-state index in [0.29, 0.717) is 11.5 Å². The number of aryl methyl sites for hydroxylation is 1. The quantitative estimate of drug-likeness (QED) is 0.431. The van der Waals surface area contributed by atoms with Gasteiger partial charge < -0.3 is 0 Å². The van der Waals surface area contributed by atoms with Crippen molar-refractivity contribution < 1.29 is 8.42 Å². The Hall–Kier alpha value is -2.91. The van der Waals surface area contributed by atoms with Gasteiger partial charge in [0.25, 0.3) is 15.8 Å². The molecule has 0 saturated carbocycles. The van der Waals surface area contributed by atoms with E-state index in [1.54, 1.807) is 58.7 Å². The molecule has 30 heavy (non-hydrogen) atoms. The van der Waals surface area contributed by atoms with Crippen LogP contribution >= 0.6 is 11.8 Å². The Morgan fingerprint density at radius 1 is 1.07 bits per heavy atom. The van der Waals surface area contributed by atoms with Crippen LogP contribution in [-0.2, 0) is 16.4 Å². The minimum Gasteiger partial charge on any atom is -0.280 e. The predicted molar refractivity (Wildman–Crippen MR) is 117 cm³/mol. The molecule has 0 saturated heterocycles. The average molecular weight is 440 g/mol. The normalized spacial score (nSPS) is 11.7. The lowest BCUT2D eigenvalue weighted by atomic mass is 10.1. The van der Waals surface area contributed by atoms with Crippen molar-refractivity contribution in [2.75, 3.05) is 4.72 Å². The second-order valence-corrected chi connectivity index (χ2v) is 9.49. The molecule has 0 bridgehead atoms. The lowest BCUT2D eigenvalue weighted by Crippen LogP contribution is -2.12. The fourth-order valence-electron chi connectivity index (χ4n) is 3.11. The highest BCUT2D eigenvalue weighted by Crippen LogP contribution is 2.33. The van der Waals surface area contributed by atoms with E-state index in [4.69, 9.17) is 0 Å². The summed E-state index contributed by atoms with van der Waals surface area (Å²) in [6.07, 6.45) is 3.39. The number of benzene rings is 2. The number of hydrogen-bond donors (Lipinski definition) is 1. The Morgan fingerprint density at radius 2 is 1.80 bits per heavy atom. The van der Waals surface area contributed by atoms with E-state index >= 15 is 0 Å². The smallest absolute Gasteiger partial charge is 0.261 e. The topological polar surface area (TPSA) is 89.2 Å². The van der Waals surface area contributed by atoms with E-state index in [1.807, 2.05) is 19.1 Å². The SMILES string of the molecule is CCCc1c(C)nc2ncnn2c1Sc1ccc(NS(=O)(=O)c2ccccc2)cc1. The number of hydrogen-bond acceptors (Lipinski definition) is 6. The highest BCUT2D eigenvalue weighted by atomic mass is 32.2. The molecule has 0 aliphatic heterocycles. The summed E-state index contributed by atoms with van der Waals surface area (Å²) in [7, 11) is -3.61. The van der Waals surface area contributed by atoms with E-state index in [1.165, 1.54) is 6.33 Å². The zero-order valence-electron chi connectivity index (χ0n) is 16.6. The number of fused-ring (bicyclic) bond motifs is 1. The number of nitrogens with one attached hydrogen (secondary N) is 1. The monoisotopic (exact) mass is 439 g/mol. The predicted octanol–water partition coefficient (Wildman–Crippen LogP) is 4.34. The zero-order chi connectivity index (χ0) is 21.1. The first-order chi connectivity index (χ1) is 14.5. The summed E-state index contributed by atoms with van der Waals surface area (Å²) in [5.74, 6) is 0.571. The molecule has 0 atom stereocenters. The van der Waals surface area contributed by atoms with E-state index in [0.717, 1.165) is 34.0 Å². The maximum atomic E-state index is 12.5. The second-order valence-electron chi connectivity index (χ2n) is 6.75. The fraction of sp³-hybridized carbons (Fsp3) is 0.190. The van der Waals surface area contributed by atoms with Gasteiger partial charge in [0, 0.05) is 21.8 Å². The van der Waals surface area contributed by atoms with Gasteiger partial charge in [0.15, 0.2) is 0 Å². The summed E-state index contributed by atoms with van der Waals surface area (Å²) >= 11 is 1.57. The molecule has 2 aromatic carbocycles. The number of sulfonamides is 1. The van der Waals surface area contributed by atoms with Gasteiger partial charge in [-0.15, -0.1) is 0 Å². The van der Waals surface area contributed by atoms with Crippen LogP contribution in [-0.4, -0.2) is 28.0 Å². The molecule has 0 fully saturated rings. The number of nitrogens with zero attached hydrogens (tertiary/aromatic N) is 4. The maximum Gasteiger partial charge on any atom is 0.261 e. The van der Waals surface area contributed by atoms with Crippen LogP contribution in [0.3, 0.4) is 0 Å². The molecule has 4 rings (SSSR count). The lowest BCUT2D eigenvalue weighted by molar-refractivity contribution is 0.601. The highest BCUT2D eigenvalue weighted by molar-refractivity contribution is 7.99. The second kappa shape index (κ2) is 8.45. The molecule has 1 N–H and O–H groups in total. The number of rotatable bonds is 7. The molecule has 0 aliphatic rings. The third-order valence-electron chi connectivity index (χ3n) is 4.56. The Morgan fingerprint density at radius 3 is 2.50 bits per heavy atom. The molecule has 0 amide bonds. The fourth-order valence-corrected chi connectivity index (χ4v) is 5.28. The highest BCUT2D eigenvalue weighted by Gasteiger charge is 2.16. The molecular formula is C21H21N5O2S2. The summed E-state index contributed by atoms with van der Waals surface area (Å²) in [5.41, 5.74) is 2.61. The molecular weight excluding hydrogens is 418 g/mol. The van der Waals surface area contributed by atoms with Gasteiger partial charge in [-0.25, -0.2) is 13.4 Å². The number of anilines is 1. The van der Waals surface area contributed by atoms with Crippen LogP contribution in [0.2, 0.25) is 0 Å². The first kappa shape index (κ1) is 20.4. The third-order valence-corrected chi connectivity index (χ3v) is 7.08. The van der Waals surface area contributed by atoms with Crippen molar-refractivity contribution in [1.29, 1.82) is 0 Å². The van der Waals surface area contributed by atoms with Crippen LogP contribution < -0.4 is 4.72 Å². The maximum absolute atomic E-state index is 12.5. The van der Waals surface area contributed by atoms with Crippen LogP contribution in [0.25, 0.3) is 5.78 Å². The van der Waals surface area contributed by atoms with Gasteiger partial charge in [0.05, 0.1) is 4.90 Å².